The molecule has 2 rings (SSSR count). The van der Waals surface area contributed by atoms with Gasteiger partial charge in [0.25, 0.3) is 5.91 Å². The molecule has 2 aromatic rings. The molecule has 0 aliphatic rings. The topological polar surface area (TPSA) is 61.4 Å². The van der Waals surface area contributed by atoms with Gasteiger partial charge in [-0.3, -0.25) is 9.59 Å². The van der Waals surface area contributed by atoms with Crippen LogP contribution in [0.4, 0.5) is 15.8 Å². The van der Waals surface area contributed by atoms with Crippen LogP contribution in [0, 0.1) is 5.82 Å². The van der Waals surface area contributed by atoms with Crippen LogP contribution >= 0.6 is 11.6 Å². The van der Waals surface area contributed by atoms with Gasteiger partial charge in [0.15, 0.2) is 0 Å². The van der Waals surface area contributed by atoms with E-state index < -0.39 is 5.82 Å². The quantitative estimate of drug-likeness (QED) is 0.630. The van der Waals surface area contributed by atoms with Crippen LogP contribution in [-0.2, 0) is 4.79 Å². The Labute approximate surface area is 169 Å². The molecular weight excluding hydrogens is 381 g/mol. The highest BCUT2D eigenvalue weighted by Crippen LogP contribution is 2.19. The minimum absolute atomic E-state index is 0.0136. The summed E-state index contributed by atoms with van der Waals surface area (Å²) in [5.74, 6) is -0.846. The molecule has 0 radical (unpaired) electrons. The van der Waals surface area contributed by atoms with E-state index in [1.807, 2.05) is 18.7 Å². The van der Waals surface area contributed by atoms with Crippen LogP contribution in [0.3, 0.4) is 0 Å². The molecule has 0 aliphatic heterocycles. The summed E-state index contributed by atoms with van der Waals surface area (Å²) in [6.45, 7) is 5.46. The third kappa shape index (κ3) is 6.23. The second-order valence-corrected chi connectivity index (χ2v) is 6.81. The van der Waals surface area contributed by atoms with E-state index >= 15 is 0 Å². The molecule has 0 saturated heterocycles. The van der Waals surface area contributed by atoms with Crippen molar-refractivity contribution in [1.82, 2.24) is 4.90 Å². The monoisotopic (exact) mass is 405 g/mol. The highest BCUT2D eigenvalue weighted by molar-refractivity contribution is 6.31. The Morgan fingerprint density at radius 3 is 2.39 bits per heavy atom. The highest BCUT2D eigenvalue weighted by atomic mass is 35.5. The maximum atomic E-state index is 13.2. The van der Waals surface area contributed by atoms with Crippen molar-refractivity contribution >= 4 is 34.8 Å². The average molecular weight is 406 g/mol. The number of carbonyl (C=O) groups excluding carboxylic acids is 2. The minimum Gasteiger partial charge on any atom is -0.376 e. The fourth-order valence-corrected chi connectivity index (χ4v) is 2.94. The molecule has 7 heteroatoms. The molecule has 2 N–H and O–H groups in total. The standard InChI is InChI=1S/C21H25ClFN3O2/c1-3-10-26(11-4-2)21(28)15-6-5-7-17(12-15)25-20(27)14-24-16-8-9-19(23)18(22)13-16/h5-9,12-13,24H,3-4,10-11,14H2,1-2H3,(H,25,27). The maximum Gasteiger partial charge on any atom is 0.253 e. The van der Waals surface area contributed by atoms with E-state index in [0.717, 1.165) is 12.8 Å². The van der Waals surface area contributed by atoms with Crippen molar-refractivity contribution in [2.75, 3.05) is 30.3 Å². The van der Waals surface area contributed by atoms with E-state index in [-0.39, 0.29) is 23.4 Å². The summed E-state index contributed by atoms with van der Waals surface area (Å²) in [5.41, 5.74) is 1.63. The van der Waals surface area contributed by atoms with Gasteiger partial charge in [0.1, 0.15) is 5.82 Å². The number of nitrogens with one attached hydrogen (secondary N) is 2. The summed E-state index contributed by atoms with van der Waals surface area (Å²) in [6, 6.07) is 11.0. The lowest BCUT2D eigenvalue weighted by Gasteiger charge is -2.21. The number of carbonyl (C=O) groups is 2. The molecule has 0 bridgehead atoms. The first kappa shape index (κ1) is 21.7. The number of rotatable bonds is 9. The Morgan fingerprint density at radius 1 is 1.04 bits per heavy atom. The van der Waals surface area contributed by atoms with Gasteiger partial charge in [0, 0.05) is 30.0 Å². The van der Waals surface area contributed by atoms with Crippen molar-refractivity contribution in [3.63, 3.8) is 0 Å². The molecule has 2 aromatic carbocycles. The van der Waals surface area contributed by atoms with Crippen molar-refractivity contribution in [1.29, 1.82) is 0 Å². The van der Waals surface area contributed by atoms with Crippen LogP contribution in [0.25, 0.3) is 0 Å². The Bertz CT molecular complexity index is 823. The zero-order chi connectivity index (χ0) is 20.5. The molecule has 0 spiro atoms. The Balaban J connectivity index is 1.98. The Kier molecular flexibility index (Phi) is 8.26. The lowest BCUT2D eigenvalue weighted by Crippen LogP contribution is -2.32. The van der Waals surface area contributed by atoms with Crippen LogP contribution < -0.4 is 10.6 Å². The zero-order valence-electron chi connectivity index (χ0n) is 16.1. The van der Waals surface area contributed by atoms with E-state index in [2.05, 4.69) is 10.6 Å². The average Bonchev–Trinajstić information content (AvgIpc) is 2.68. The van der Waals surface area contributed by atoms with Crippen molar-refractivity contribution in [3.8, 4) is 0 Å². The molecule has 0 fully saturated rings. The van der Waals surface area contributed by atoms with Gasteiger partial charge in [-0.1, -0.05) is 31.5 Å². The second kappa shape index (κ2) is 10.7. The molecule has 0 heterocycles. The van der Waals surface area contributed by atoms with Crippen LogP contribution in [0.1, 0.15) is 37.0 Å². The van der Waals surface area contributed by atoms with Crippen LogP contribution in [0.2, 0.25) is 5.02 Å². The number of benzene rings is 2. The maximum absolute atomic E-state index is 13.2. The van der Waals surface area contributed by atoms with Gasteiger partial charge in [-0.25, -0.2) is 4.39 Å². The first-order valence-electron chi connectivity index (χ1n) is 9.32. The van der Waals surface area contributed by atoms with Gasteiger partial charge in [0.2, 0.25) is 5.91 Å². The van der Waals surface area contributed by atoms with Gasteiger partial charge in [-0.15, -0.1) is 0 Å². The molecule has 0 aromatic heterocycles. The summed E-state index contributed by atoms with van der Waals surface area (Å²) in [4.78, 5) is 26.7. The first-order chi connectivity index (χ1) is 13.4. The van der Waals surface area contributed by atoms with Crippen molar-refractivity contribution in [3.05, 3.63) is 58.9 Å². The third-order valence-electron chi connectivity index (χ3n) is 4.04. The minimum atomic E-state index is -0.515. The van der Waals surface area contributed by atoms with Gasteiger partial charge in [-0.2, -0.15) is 0 Å². The number of hydrogen-bond donors (Lipinski definition) is 2. The van der Waals surface area contributed by atoms with E-state index in [4.69, 9.17) is 11.6 Å². The summed E-state index contributed by atoms with van der Waals surface area (Å²) >= 11 is 5.72. The van der Waals surface area contributed by atoms with Gasteiger partial charge in [-0.05, 0) is 49.2 Å². The Hall–Kier alpha value is -2.60. The van der Waals surface area contributed by atoms with Crippen LogP contribution in [0.15, 0.2) is 42.5 Å². The summed E-state index contributed by atoms with van der Waals surface area (Å²) in [7, 11) is 0. The molecule has 5 nitrogen and oxygen atoms in total. The molecule has 0 unspecified atom stereocenters. The molecule has 28 heavy (non-hydrogen) atoms. The number of anilines is 2. The van der Waals surface area contributed by atoms with Crippen LogP contribution in [-0.4, -0.2) is 36.3 Å². The molecule has 150 valence electrons. The SMILES string of the molecule is CCCN(CCC)C(=O)c1cccc(NC(=O)CNc2ccc(F)c(Cl)c2)c1. The third-order valence-corrected chi connectivity index (χ3v) is 4.33. The Morgan fingerprint density at radius 2 is 1.75 bits per heavy atom. The van der Waals surface area contributed by atoms with Gasteiger partial charge < -0.3 is 15.5 Å². The van der Waals surface area contributed by atoms with Gasteiger partial charge >= 0.3 is 0 Å². The molecule has 2 amide bonds. The number of hydrogen-bond acceptors (Lipinski definition) is 3. The molecule has 0 aliphatic carbocycles. The lowest BCUT2D eigenvalue weighted by molar-refractivity contribution is -0.114. The fourth-order valence-electron chi connectivity index (χ4n) is 2.76. The van der Waals surface area contributed by atoms with E-state index in [0.29, 0.717) is 30.0 Å². The summed E-state index contributed by atoms with van der Waals surface area (Å²) in [5, 5.41) is 5.63. The zero-order valence-corrected chi connectivity index (χ0v) is 16.9. The molecule has 0 saturated carbocycles. The van der Waals surface area contributed by atoms with Crippen molar-refractivity contribution < 1.29 is 14.0 Å². The van der Waals surface area contributed by atoms with E-state index in [1.54, 1.807) is 24.3 Å². The van der Waals surface area contributed by atoms with Crippen molar-refractivity contribution in [2.24, 2.45) is 0 Å². The van der Waals surface area contributed by atoms with Crippen LogP contribution in [0.5, 0.6) is 0 Å². The van der Waals surface area contributed by atoms with E-state index in [9.17, 15) is 14.0 Å². The number of halogens is 2. The fraction of sp³-hybridized carbons (Fsp3) is 0.333. The van der Waals surface area contributed by atoms with E-state index in [1.165, 1.54) is 18.2 Å². The normalized spacial score (nSPS) is 10.4. The molecular formula is C21H25ClFN3O2. The lowest BCUT2D eigenvalue weighted by atomic mass is 10.1. The summed E-state index contributed by atoms with van der Waals surface area (Å²) in [6.07, 6.45) is 1.78. The molecule has 0 atom stereocenters. The smallest absolute Gasteiger partial charge is 0.253 e. The highest BCUT2D eigenvalue weighted by Gasteiger charge is 2.15. The second-order valence-electron chi connectivity index (χ2n) is 6.40. The van der Waals surface area contributed by atoms with Gasteiger partial charge in [0.05, 0.1) is 11.6 Å². The first-order valence-corrected chi connectivity index (χ1v) is 9.70. The van der Waals surface area contributed by atoms with Crippen molar-refractivity contribution in [2.45, 2.75) is 26.7 Å². The largest absolute Gasteiger partial charge is 0.376 e. The number of nitrogens with zero attached hydrogens (tertiary/aromatic N) is 1. The predicted octanol–water partition coefficient (Wildman–Crippen LogP) is 4.79. The number of amides is 2. The summed E-state index contributed by atoms with van der Waals surface area (Å²) < 4.78 is 13.2. The predicted molar refractivity (Wildman–Crippen MR) is 111 cm³/mol.